The zero-order valence-electron chi connectivity index (χ0n) is 18.7. The number of aromatic amines is 1. The highest BCUT2D eigenvalue weighted by Gasteiger charge is 2.28. The third kappa shape index (κ3) is 4.82. The van der Waals surface area contributed by atoms with Crippen LogP contribution >= 0.6 is 11.3 Å². The monoisotopic (exact) mass is 459 g/mol. The molecule has 10 nitrogen and oxygen atoms in total. The van der Waals surface area contributed by atoms with E-state index >= 15 is 0 Å². The second-order valence-corrected chi connectivity index (χ2v) is 9.75. The molecule has 3 aromatic heterocycles. The standard InChI is InChI=1S/C21H29N7O3S/c1-4-5-10-27-17-16(18(30)24-21(27)31)28(11-12(2)3)14(22-17)8-9-15(29)23-20-26-25-19(32-20)13-6-7-13/h12-13H,4-11H2,1-3H3,(H,23,26,29)(H,24,30,31). The minimum Gasteiger partial charge on any atom is -0.322 e. The number of unbranched alkanes of at least 4 members (excludes halogenated alkanes) is 1. The van der Waals surface area contributed by atoms with E-state index in [0.29, 0.717) is 47.5 Å². The zero-order valence-corrected chi connectivity index (χ0v) is 19.5. The number of hydrogen-bond donors (Lipinski definition) is 2. The van der Waals surface area contributed by atoms with E-state index in [4.69, 9.17) is 0 Å². The summed E-state index contributed by atoms with van der Waals surface area (Å²) in [6.45, 7) is 7.21. The third-order valence-corrected chi connectivity index (χ3v) is 6.44. The van der Waals surface area contributed by atoms with Crippen LogP contribution in [0.25, 0.3) is 11.2 Å². The maximum atomic E-state index is 12.7. The van der Waals surface area contributed by atoms with Gasteiger partial charge in [0.2, 0.25) is 11.0 Å². The number of imidazole rings is 1. The summed E-state index contributed by atoms with van der Waals surface area (Å²) in [7, 11) is 0. The molecule has 2 N–H and O–H groups in total. The summed E-state index contributed by atoms with van der Waals surface area (Å²) in [5.74, 6) is 1.21. The van der Waals surface area contributed by atoms with E-state index in [1.54, 1.807) is 0 Å². The summed E-state index contributed by atoms with van der Waals surface area (Å²) in [5.41, 5.74) is -0.107. The number of fused-ring (bicyclic) bond motifs is 1. The largest absolute Gasteiger partial charge is 0.330 e. The van der Waals surface area contributed by atoms with Gasteiger partial charge in [-0.25, -0.2) is 9.78 Å². The van der Waals surface area contributed by atoms with Crippen molar-refractivity contribution in [1.29, 1.82) is 0 Å². The van der Waals surface area contributed by atoms with Crippen LogP contribution in [0.1, 0.15) is 69.6 Å². The Bertz CT molecular complexity index is 1230. The first-order valence-corrected chi connectivity index (χ1v) is 12.0. The number of carbonyl (C=O) groups excluding carboxylic acids is 1. The van der Waals surface area contributed by atoms with Gasteiger partial charge in [0.15, 0.2) is 11.2 Å². The molecule has 0 unspecified atom stereocenters. The number of nitrogens with one attached hydrogen (secondary N) is 2. The van der Waals surface area contributed by atoms with Crippen LogP contribution in [0.5, 0.6) is 0 Å². The highest BCUT2D eigenvalue weighted by molar-refractivity contribution is 7.15. The number of anilines is 1. The molecule has 0 atom stereocenters. The van der Waals surface area contributed by atoms with E-state index in [-0.39, 0.29) is 18.2 Å². The second kappa shape index (κ2) is 9.35. The molecule has 11 heteroatoms. The van der Waals surface area contributed by atoms with Crippen molar-refractivity contribution in [2.75, 3.05) is 5.32 Å². The van der Waals surface area contributed by atoms with Gasteiger partial charge in [0.05, 0.1) is 0 Å². The van der Waals surface area contributed by atoms with Crippen molar-refractivity contribution < 1.29 is 4.79 Å². The molecule has 0 aliphatic heterocycles. The molecular formula is C21H29N7O3S. The van der Waals surface area contributed by atoms with Crippen LogP contribution in [-0.4, -0.2) is 35.2 Å². The first kappa shape index (κ1) is 22.4. The maximum Gasteiger partial charge on any atom is 0.330 e. The Hall–Kier alpha value is -2.82. The number of aromatic nitrogens is 6. The van der Waals surface area contributed by atoms with Gasteiger partial charge in [0.1, 0.15) is 10.8 Å². The Balaban J connectivity index is 1.58. The number of hydrogen-bond acceptors (Lipinski definition) is 7. The summed E-state index contributed by atoms with van der Waals surface area (Å²) in [6, 6.07) is 0. The first-order valence-electron chi connectivity index (χ1n) is 11.2. The molecule has 1 aliphatic carbocycles. The van der Waals surface area contributed by atoms with Gasteiger partial charge in [-0.1, -0.05) is 38.5 Å². The molecule has 172 valence electrons. The fourth-order valence-electron chi connectivity index (χ4n) is 3.68. The fraction of sp³-hybridized carbons (Fsp3) is 0.619. The molecule has 4 rings (SSSR count). The smallest absolute Gasteiger partial charge is 0.322 e. The average molecular weight is 460 g/mol. The number of H-pyrrole nitrogens is 1. The number of rotatable bonds is 10. The Labute approximate surface area is 189 Å². The lowest BCUT2D eigenvalue weighted by Gasteiger charge is -2.11. The molecule has 0 bridgehead atoms. The SMILES string of the molecule is CCCCn1c(=O)[nH]c(=O)c2c1nc(CCC(=O)Nc1nnc(C3CC3)s1)n2CC(C)C. The minimum absolute atomic E-state index is 0.177. The van der Waals surface area contributed by atoms with Gasteiger partial charge in [-0.3, -0.25) is 19.1 Å². The fourth-order valence-corrected chi connectivity index (χ4v) is 4.61. The molecule has 0 aromatic carbocycles. The van der Waals surface area contributed by atoms with E-state index in [1.807, 2.05) is 11.5 Å². The van der Waals surface area contributed by atoms with Crippen LogP contribution in [0.4, 0.5) is 5.13 Å². The van der Waals surface area contributed by atoms with Crippen LogP contribution < -0.4 is 16.6 Å². The number of aryl methyl sites for hydroxylation is 2. The van der Waals surface area contributed by atoms with Gasteiger partial charge >= 0.3 is 5.69 Å². The summed E-state index contributed by atoms with van der Waals surface area (Å²) in [5, 5.41) is 12.5. The number of amides is 1. The molecule has 1 fully saturated rings. The van der Waals surface area contributed by atoms with Crippen molar-refractivity contribution in [3.63, 3.8) is 0 Å². The Morgan fingerprint density at radius 1 is 1.25 bits per heavy atom. The molecule has 3 aromatic rings. The van der Waals surface area contributed by atoms with Crippen molar-refractivity contribution >= 4 is 33.5 Å². The Morgan fingerprint density at radius 3 is 2.72 bits per heavy atom. The van der Waals surface area contributed by atoms with Crippen molar-refractivity contribution in [2.45, 2.75) is 78.3 Å². The summed E-state index contributed by atoms with van der Waals surface area (Å²) < 4.78 is 3.38. The van der Waals surface area contributed by atoms with Gasteiger partial charge in [-0.05, 0) is 25.2 Å². The van der Waals surface area contributed by atoms with Gasteiger partial charge < -0.3 is 9.88 Å². The summed E-state index contributed by atoms with van der Waals surface area (Å²) >= 11 is 1.42. The quantitative estimate of drug-likeness (QED) is 0.480. The summed E-state index contributed by atoms with van der Waals surface area (Å²) in [4.78, 5) is 44.7. The van der Waals surface area contributed by atoms with Crippen molar-refractivity contribution in [3.05, 3.63) is 31.7 Å². The highest BCUT2D eigenvalue weighted by Crippen LogP contribution is 2.42. The van der Waals surface area contributed by atoms with Crippen LogP contribution in [0.15, 0.2) is 9.59 Å². The van der Waals surface area contributed by atoms with E-state index in [9.17, 15) is 14.4 Å². The summed E-state index contributed by atoms with van der Waals surface area (Å²) in [6.07, 6.45) is 4.54. The van der Waals surface area contributed by atoms with Crippen molar-refractivity contribution in [3.8, 4) is 0 Å². The molecule has 1 amide bonds. The van der Waals surface area contributed by atoms with Crippen LogP contribution in [-0.2, 0) is 24.3 Å². The molecule has 0 radical (unpaired) electrons. The molecule has 32 heavy (non-hydrogen) atoms. The molecule has 1 aliphatic rings. The first-order chi connectivity index (χ1) is 15.4. The van der Waals surface area contributed by atoms with Crippen LogP contribution in [0.3, 0.4) is 0 Å². The molecular weight excluding hydrogens is 430 g/mol. The van der Waals surface area contributed by atoms with E-state index in [2.05, 4.69) is 39.3 Å². The highest BCUT2D eigenvalue weighted by atomic mass is 32.1. The lowest BCUT2D eigenvalue weighted by atomic mass is 10.2. The Morgan fingerprint density at radius 2 is 2.03 bits per heavy atom. The van der Waals surface area contributed by atoms with Gasteiger partial charge in [0, 0.05) is 31.8 Å². The van der Waals surface area contributed by atoms with Crippen molar-refractivity contribution in [2.24, 2.45) is 5.92 Å². The number of carbonyl (C=O) groups is 1. The molecule has 0 spiro atoms. The normalized spacial score (nSPS) is 13.9. The zero-order chi connectivity index (χ0) is 22.8. The van der Waals surface area contributed by atoms with Crippen molar-refractivity contribution in [1.82, 2.24) is 29.3 Å². The molecule has 1 saturated carbocycles. The van der Waals surface area contributed by atoms with E-state index in [0.717, 1.165) is 30.7 Å². The van der Waals surface area contributed by atoms with E-state index in [1.165, 1.54) is 15.9 Å². The predicted molar refractivity (Wildman–Crippen MR) is 123 cm³/mol. The Kier molecular flexibility index (Phi) is 6.54. The number of nitrogens with zero attached hydrogens (tertiary/aromatic N) is 5. The maximum absolute atomic E-state index is 12.7. The van der Waals surface area contributed by atoms with E-state index < -0.39 is 11.2 Å². The predicted octanol–water partition coefficient (Wildman–Crippen LogP) is 2.64. The third-order valence-electron chi connectivity index (χ3n) is 5.44. The average Bonchev–Trinajstić information content (AvgIpc) is 3.38. The van der Waals surface area contributed by atoms with Gasteiger partial charge in [-0.15, -0.1) is 10.2 Å². The molecule has 3 heterocycles. The van der Waals surface area contributed by atoms with Gasteiger partial charge in [-0.2, -0.15) is 0 Å². The topological polar surface area (TPSA) is 128 Å². The van der Waals surface area contributed by atoms with Gasteiger partial charge in [0.25, 0.3) is 5.56 Å². The minimum atomic E-state index is -0.447. The second-order valence-electron chi connectivity index (χ2n) is 8.74. The lowest BCUT2D eigenvalue weighted by molar-refractivity contribution is -0.116. The van der Waals surface area contributed by atoms with Crippen LogP contribution in [0, 0.1) is 5.92 Å². The van der Waals surface area contributed by atoms with Crippen LogP contribution in [0.2, 0.25) is 0 Å². The lowest BCUT2D eigenvalue weighted by Crippen LogP contribution is -2.31. The molecule has 0 saturated heterocycles.